The van der Waals surface area contributed by atoms with E-state index in [1.807, 2.05) is 47.0 Å². The molecule has 0 fully saturated rings. The number of amides is 1. The van der Waals surface area contributed by atoms with Gasteiger partial charge < -0.3 is 14.0 Å². The van der Waals surface area contributed by atoms with Gasteiger partial charge in [0.15, 0.2) is 5.58 Å². The average Bonchev–Trinajstić information content (AvgIpc) is 3.40. The highest BCUT2D eigenvalue weighted by molar-refractivity contribution is 6.05. The Bertz CT molecular complexity index is 1240. The molecule has 0 saturated carbocycles. The number of anilines is 1. The topological polar surface area (TPSA) is 88.7 Å². The van der Waals surface area contributed by atoms with Crippen LogP contribution in [0, 0.1) is 0 Å². The lowest BCUT2D eigenvalue weighted by Crippen LogP contribution is -2.17. The fourth-order valence-corrected chi connectivity index (χ4v) is 3.31. The van der Waals surface area contributed by atoms with Gasteiger partial charge in [-0.3, -0.25) is 15.1 Å². The number of benzene rings is 1. The number of aryl methyl sites for hydroxylation is 2. The molecule has 4 heterocycles. The SMILES string of the molecule is O=C(Nc1nc2ccccc2n1CCc1ccccn1)c1cc2occc2[nH]1. The Morgan fingerprint density at radius 3 is 2.89 bits per heavy atom. The molecule has 0 radical (unpaired) electrons. The number of furan rings is 1. The van der Waals surface area contributed by atoms with Crippen molar-refractivity contribution in [3.05, 3.63) is 78.4 Å². The number of pyridine rings is 1. The Hall–Kier alpha value is -3.87. The van der Waals surface area contributed by atoms with Crippen molar-refractivity contribution in [2.75, 3.05) is 5.32 Å². The van der Waals surface area contributed by atoms with Crippen molar-refractivity contribution in [1.82, 2.24) is 19.5 Å². The molecule has 0 bridgehead atoms. The lowest BCUT2D eigenvalue weighted by Gasteiger charge is -2.09. The van der Waals surface area contributed by atoms with E-state index in [2.05, 4.69) is 20.3 Å². The van der Waals surface area contributed by atoms with Gasteiger partial charge in [0.1, 0.15) is 5.69 Å². The van der Waals surface area contributed by atoms with Crippen LogP contribution in [0.4, 0.5) is 5.95 Å². The first kappa shape index (κ1) is 16.3. The number of nitrogens with zero attached hydrogens (tertiary/aromatic N) is 3. The van der Waals surface area contributed by atoms with Gasteiger partial charge in [0.05, 0.1) is 22.8 Å². The fourth-order valence-electron chi connectivity index (χ4n) is 3.31. The standard InChI is InChI=1S/C21H17N5O2/c27-20(17-13-19-16(23-17)9-12-28-19)25-21-24-15-6-1-2-7-18(15)26(21)11-8-14-5-3-4-10-22-14/h1-7,9-10,12-13,23H,8,11H2,(H,24,25,27). The van der Waals surface area contributed by atoms with Crippen molar-refractivity contribution in [2.45, 2.75) is 13.0 Å². The van der Waals surface area contributed by atoms with Crippen molar-refractivity contribution in [3.63, 3.8) is 0 Å². The summed E-state index contributed by atoms with van der Waals surface area (Å²) in [5.74, 6) is 0.245. The van der Waals surface area contributed by atoms with E-state index >= 15 is 0 Å². The Kier molecular flexibility index (Phi) is 3.90. The average molecular weight is 371 g/mol. The quantitative estimate of drug-likeness (QED) is 0.489. The molecule has 7 heteroatoms. The van der Waals surface area contributed by atoms with Crippen LogP contribution in [0.25, 0.3) is 22.1 Å². The molecule has 0 saturated heterocycles. The number of fused-ring (bicyclic) bond motifs is 2. The minimum atomic E-state index is -0.263. The summed E-state index contributed by atoms with van der Waals surface area (Å²) in [7, 11) is 0. The summed E-state index contributed by atoms with van der Waals surface area (Å²) in [6, 6.07) is 17.2. The van der Waals surface area contributed by atoms with Crippen LogP contribution < -0.4 is 5.32 Å². The van der Waals surface area contributed by atoms with E-state index < -0.39 is 0 Å². The third-order valence-electron chi connectivity index (χ3n) is 4.68. The summed E-state index contributed by atoms with van der Waals surface area (Å²) in [6.07, 6.45) is 4.10. The first-order valence-corrected chi connectivity index (χ1v) is 9.01. The van der Waals surface area contributed by atoms with Crippen LogP contribution in [-0.4, -0.2) is 25.4 Å². The molecular formula is C21H17N5O2. The van der Waals surface area contributed by atoms with Gasteiger partial charge in [-0.15, -0.1) is 0 Å². The van der Waals surface area contributed by atoms with Gasteiger partial charge in [-0.2, -0.15) is 0 Å². The van der Waals surface area contributed by atoms with Crippen LogP contribution in [0.15, 0.2) is 71.5 Å². The Morgan fingerprint density at radius 2 is 2.04 bits per heavy atom. The first-order valence-electron chi connectivity index (χ1n) is 9.01. The largest absolute Gasteiger partial charge is 0.463 e. The van der Waals surface area contributed by atoms with Gasteiger partial charge in [-0.1, -0.05) is 18.2 Å². The predicted molar refractivity (Wildman–Crippen MR) is 106 cm³/mol. The molecule has 0 aliphatic carbocycles. The molecule has 0 unspecified atom stereocenters. The molecule has 1 amide bonds. The molecule has 7 nitrogen and oxygen atoms in total. The van der Waals surface area contributed by atoms with Crippen molar-refractivity contribution in [2.24, 2.45) is 0 Å². The summed E-state index contributed by atoms with van der Waals surface area (Å²) in [5, 5.41) is 2.92. The highest BCUT2D eigenvalue weighted by Gasteiger charge is 2.16. The van der Waals surface area contributed by atoms with E-state index in [0.717, 1.165) is 28.7 Å². The predicted octanol–water partition coefficient (Wildman–Crippen LogP) is 4.00. The summed E-state index contributed by atoms with van der Waals surface area (Å²) in [6.45, 7) is 0.653. The van der Waals surface area contributed by atoms with Crippen molar-refractivity contribution in [3.8, 4) is 0 Å². The number of nitrogens with one attached hydrogen (secondary N) is 2. The third-order valence-corrected chi connectivity index (χ3v) is 4.68. The van der Waals surface area contributed by atoms with Crippen molar-refractivity contribution in [1.29, 1.82) is 0 Å². The minimum Gasteiger partial charge on any atom is -0.463 e. The number of carbonyl (C=O) groups excluding carboxylic acids is 1. The number of hydrogen-bond donors (Lipinski definition) is 2. The Balaban J connectivity index is 1.45. The fraction of sp³-hybridized carbons (Fsp3) is 0.0952. The first-order chi connectivity index (χ1) is 13.8. The molecule has 1 aromatic carbocycles. The Labute approximate surface area is 160 Å². The van der Waals surface area contributed by atoms with Crippen LogP contribution in [0.2, 0.25) is 0 Å². The van der Waals surface area contributed by atoms with E-state index in [1.165, 1.54) is 0 Å². The van der Waals surface area contributed by atoms with Crippen molar-refractivity contribution >= 4 is 34.0 Å². The minimum absolute atomic E-state index is 0.263. The van der Waals surface area contributed by atoms with Crippen LogP contribution >= 0.6 is 0 Å². The number of aromatic nitrogens is 4. The number of H-pyrrole nitrogens is 1. The zero-order valence-corrected chi connectivity index (χ0v) is 14.9. The second-order valence-electron chi connectivity index (χ2n) is 6.48. The lowest BCUT2D eigenvalue weighted by atomic mass is 10.2. The van der Waals surface area contributed by atoms with E-state index in [4.69, 9.17) is 4.42 Å². The molecule has 0 atom stereocenters. The molecule has 0 aliphatic heterocycles. The molecule has 5 rings (SSSR count). The lowest BCUT2D eigenvalue weighted by molar-refractivity contribution is 0.102. The molecule has 0 spiro atoms. The summed E-state index contributed by atoms with van der Waals surface area (Å²) >= 11 is 0. The molecule has 2 N–H and O–H groups in total. The Morgan fingerprint density at radius 1 is 1.14 bits per heavy atom. The maximum atomic E-state index is 12.7. The van der Waals surface area contributed by atoms with Gasteiger partial charge >= 0.3 is 0 Å². The van der Waals surface area contributed by atoms with Crippen LogP contribution in [0.5, 0.6) is 0 Å². The summed E-state index contributed by atoms with van der Waals surface area (Å²) in [5.41, 5.74) is 4.65. The van der Waals surface area contributed by atoms with Crippen LogP contribution in [0.1, 0.15) is 16.2 Å². The number of hydrogen-bond acceptors (Lipinski definition) is 4. The molecule has 138 valence electrons. The van der Waals surface area contributed by atoms with Gasteiger partial charge in [-0.25, -0.2) is 4.98 Å². The number of para-hydroxylation sites is 2. The molecular weight excluding hydrogens is 354 g/mol. The normalized spacial score (nSPS) is 11.3. The van der Waals surface area contributed by atoms with Crippen molar-refractivity contribution < 1.29 is 9.21 Å². The number of imidazole rings is 1. The monoisotopic (exact) mass is 371 g/mol. The van der Waals surface area contributed by atoms with Gasteiger partial charge in [0.25, 0.3) is 5.91 Å². The zero-order chi connectivity index (χ0) is 18.9. The van der Waals surface area contributed by atoms with E-state index in [-0.39, 0.29) is 5.91 Å². The van der Waals surface area contributed by atoms with Gasteiger partial charge in [0.2, 0.25) is 5.95 Å². The van der Waals surface area contributed by atoms with E-state index in [9.17, 15) is 4.79 Å². The maximum Gasteiger partial charge on any atom is 0.274 e. The smallest absolute Gasteiger partial charge is 0.274 e. The number of rotatable bonds is 5. The highest BCUT2D eigenvalue weighted by atomic mass is 16.3. The van der Waals surface area contributed by atoms with Crippen LogP contribution in [0.3, 0.4) is 0 Å². The molecule has 4 aromatic heterocycles. The molecule has 0 aliphatic rings. The van der Waals surface area contributed by atoms with E-state index in [0.29, 0.717) is 23.8 Å². The summed E-state index contributed by atoms with van der Waals surface area (Å²) in [4.78, 5) is 24.8. The summed E-state index contributed by atoms with van der Waals surface area (Å²) < 4.78 is 7.33. The second kappa shape index (κ2) is 6.70. The van der Waals surface area contributed by atoms with E-state index in [1.54, 1.807) is 24.6 Å². The number of carbonyl (C=O) groups is 1. The zero-order valence-electron chi connectivity index (χ0n) is 14.9. The molecule has 5 aromatic rings. The number of aromatic amines is 1. The second-order valence-corrected chi connectivity index (χ2v) is 6.48. The molecule has 28 heavy (non-hydrogen) atoms. The highest BCUT2D eigenvalue weighted by Crippen LogP contribution is 2.22. The van der Waals surface area contributed by atoms with Gasteiger partial charge in [0, 0.05) is 37.0 Å². The maximum absolute atomic E-state index is 12.7. The van der Waals surface area contributed by atoms with Crippen LogP contribution in [-0.2, 0) is 13.0 Å². The third kappa shape index (κ3) is 2.92. The van der Waals surface area contributed by atoms with Gasteiger partial charge in [-0.05, 0) is 24.3 Å².